The lowest BCUT2D eigenvalue weighted by molar-refractivity contribution is -0.116. The average Bonchev–Trinajstić information content (AvgIpc) is 3.13. The molecule has 64 heavy (non-hydrogen) atoms. The van der Waals surface area contributed by atoms with Crippen LogP contribution in [0.5, 0.6) is 0 Å². The predicted octanol–water partition coefficient (Wildman–Crippen LogP) is 7.20. The first kappa shape index (κ1) is 51.5. The number of hydrogen-bond donors (Lipinski definition) is 5. The minimum absolute atomic E-state index is 0.0171. The van der Waals surface area contributed by atoms with Gasteiger partial charge in [-0.1, -0.05) is 24.8 Å². The lowest BCUT2D eigenvalue weighted by atomic mass is 10.1. The van der Waals surface area contributed by atoms with Crippen molar-refractivity contribution >= 4 is 65.2 Å². The van der Waals surface area contributed by atoms with Gasteiger partial charge >= 0.3 is 24.4 Å². The van der Waals surface area contributed by atoms with Crippen LogP contribution in [0.15, 0.2) is 64.9 Å². The van der Waals surface area contributed by atoms with Gasteiger partial charge in [0.25, 0.3) is 5.91 Å². The molecule has 0 fully saturated rings. The zero-order valence-corrected chi connectivity index (χ0v) is 38.8. The van der Waals surface area contributed by atoms with Crippen LogP contribution in [-0.2, 0) is 35.1 Å². The van der Waals surface area contributed by atoms with Gasteiger partial charge in [-0.3, -0.25) is 30.5 Å². The number of nitrogens with zero attached hydrogens (tertiary/aromatic N) is 5. The van der Waals surface area contributed by atoms with E-state index in [0.29, 0.717) is 29.9 Å². The van der Waals surface area contributed by atoms with E-state index >= 15 is 0 Å². The molecule has 5 N–H and O–H groups in total. The summed E-state index contributed by atoms with van der Waals surface area (Å²) in [6.45, 7) is 25.0. The Hall–Kier alpha value is -6.86. The second-order valence-electron chi connectivity index (χ2n) is 18.5. The van der Waals surface area contributed by atoms with Crippen molar-refractivity contribution < 1.29 is 47.7 Å². The third-order valence-electron chi connectivity index (χ3n) is 7.81. The maximum absolute atomic E-state index is 12.9. The van der Waals surface area contributed by atoms with Gasteiger partial charge in [-0.15, -0.1) is 4.99 Å². The molecule has 0 atom stereocenters. The van der Waals surface area contributed by atoms with Crippen LogP contribution in [0, 0.1) is 0 Å². The summed E-state index contributed by atoms with van der Waals surface area (Å²) in [5.41, 5.74) is -0.366. The average molecular weight is 891 g/mol. The van der Waals surface area contributed by atoms with Gasteiger partial charge in [-0.25, -0.2) is 29.2 Å². The van der Waals surface area contributed by atoms with E-state index in [4.69, 9.17) is 18.9 Å². The second kappa shape index (κ2) is 22.0. The van der Waals surface area contributed by atoms with E-state index in [9.17, 15) is 28.8 Å². The number of amides is 6. The van der Waals surface area contributed by atoms with Crippen molar-refractivity contribution in [3.8, 4) is 0 Å². The number of carbonyl (C=O) groups excluding carboxylic acids is 6. The highest BCUT2D eigenvalue weighted by Crippen LogP contribution is 2.22. The first-order chi connectivity index (χ1) is 29.5. The summed E-state index contributed by atoms with van der Waals surface area (Å²) < 4.78 is 21.2. The Morgan fingerprint density at radius 1 is 0.703 bits per heavy atom. The third kappa shape index (κ3) is 20.3. The summed E-state index contributed by atoms with van der Waals surface area (Å²) >= 11 is 0. The first-order valence-corrected chi connectivity index (χ1v) is 20.5. The number of aromatic nitrogens is 2. The monoisotopic (exact) mass is 890 g/mol. The lowest BCUT2D eigenvalue weighted by Gasteiger charge is -2.30. The number of ether oxygens (including phenoxy) is 4. The standard InChI is InChI=1S/C44H62N10O10/c1-27(14-19-33(55)48-30-17-15-28(16-18-30)24-47-35(50-37(57)61-41(2,3)4)51-38(58)62-42(5,6)7)34(56)49-32-26-45-31(25-46-32)29-20-22-54(23-21-29)36(52-39(59)63-43(8,9)10)53-40(60)64-44(11,12)13/h15-18,20,25-26H,1,14,19,21-24H2,2-13H3,(H,48,55)(H,46,49,56)(H,52,53,59,60)(H2,47,50,51,57,58). The van der Waals surface area contributed by atoms with Crippen LogP contribution in [0.2, 0.25) is 0 Å². The SMILES string of the molecule is C=C(CCC(=O)Nc1ccc(CN=C(NC(=O)OC(C)(C)C)NC(=O)OC(C)(C)C)cc1)C(=O)Nc1cnc(C2=CCN(/C(=N\C(=O)OC(C)(C)C)NC(=O)OC(C)(C)C)CC2)cn1. The van der Waals surface area contributed by atoms with Gasteiger partial charge in [0, 0.05) is 30.8 Å². The zero-order valence-electron chi connectivity index (χ0n) is 38.8. The molecular formula is C44H62N10O10. The van der Waals surface area contributed by atoms with Crippen molar-refractivity contribution in [1.82, 2.24) is 30.8 Å². The molecule has 0 radical (unpaired) electrons. The maximum atomic E-state index is 12.9. The van der Waals surface area contributed by atoms with Crippen molar-refractivity contribution in [1.29, 1.82) is 0 Å². The fourth-order valence-electron chi connectivity index (χ4n) is 5.18. The summed E-state index contributed by atoms with van der Waals surface area (Å²) in [6.07, 6.45) is 2.02. The number of carbonyl (C=O) groups is 6. The van der Waals surface area contributed by atoms with Crippen LogP contribution in [0.25, 0.3) is 5.57 Å². The highest BCUT2D eigenvalue weighted by molar-refractivity contribution is 6.04. The predicted molar refractivity (Wildman–Crippen MR) is 241 cm³/mol. The Balaban J connectivity index is 1.53. The molecule has 0 spiro atoms. The molecule has 1 aliphatic heterocycles. The molecule has 20 heteroatoms. The zero-order chi connectivity index (χ0) is 48.0. The molecule has 1 aliphatic rings. The molecule has 3 rings (SSSR count). The van der Waals surface area contributed by atoms with Crippen molar-refractivity contribution in [3.05, 3.63) is 66.1 Å². The van der Waals surface area contributed by atoms with Crippen molar-refractivity contribution in [3.63, 3.8) is 0 Å². The molecule has 6 amide bonds. The van der Waals surface area contributed by atoms with E-state index in [1.807, 2.05) is 6.08 Å². The molecule has 0 saturated carbocycles. The molecule has 20 nitrogen and oxygen atoms in total. The second-order valence-corrected chi connectivity index (χ2v) is 18.5. The summed E-state index contributed by atoms with van der Waals surface area (Å²) in [7, 11) is 0. The number of aliphatic imine (C=N–C) groups is 2. The third-order valence-corrected chi connectivity index (χ3v) is 7.81. The Kier molecular flexibility index (Phi) is 17.7. The molecule has 348 valence electrons. The van der Waals surface area contributed by atoms with Gasteiger partial charge in [0.2, 0.25) is 17.8 Å². The lowest BCUT2D eigenvalue weighted by Crippen LogP contribution is -2.48. The van der Waals surface area contributed by atoms with Gasteiger partial charge in [-0.05, 0) is 119 Å². The number of hydrogen-bond acceptors (Lipinski definition) is 13. The van der Waals surface area contributed by atoms with Crippen LogP contribution in [-0.4, -0.2) is 98.5 Å². The van der Waals surface area contributed by atoms with E-state index in [2.05, 4.69) is 53.1 Å². The number of anilines is 2. The minimum atomic E-state index is -0.866. The van der Waals surface area contributed by atoms with Crippen LogP contribution in [0.1, 0.15) is 114 Å². The molecule has 1 aromatic carbocycles. The molecule has 0 bridgehead atoms. The Bertz CT molecular complexity index is 2090. The highest BCUT2D eigenvalue weighted by Gasteiger charge is 2.26. The largest absolute Gasteiger partial charge is 0.444 e. The Morgan fingerprint density at radius 3 is 1.73 bits per heavy atom. The van der Waals surface area contributed by atoms with Gasteiger partial charge < -0.3 is 34.5 Å². The van der Waals surface area contributed by atoms with Crippen molar-refractivity contribution in [2.24, 2.45) is 9.98 Å². The number of alkyl carbamates (subject to hydrolysis) is 3. The van der Waals surface area contributed by atoms with Crippen LogP contribution in [0.3, 0.4) is 0 Å². The van der Waals surface area contributed by atoms with Gasteiger partial charge in [0.15, 0.2) is 5.82 Å². The summed E-state index contributed by atoms with van der Waals surface area (Å²) in [6, 6.07) is 6.75. The minimum Gasteiger partial charge on any atom is -0.444 e. The number of nitrogens with one attached hydrogen (secondary N) is 5. The number of guanidine groups is 2. The normalized spacial score (nSPS) is 13.3. The molecule has 1 aromatic heterocycles. The van der Waals surface area contributed by atoms with Crippen molar-refractivity contribution in [2.75, 3.05) is 23.7 Å². The Morgan fingerprint density at radius 2 is 1.25 bits per heavy atom. The van der Waals surface area contributed by atoms with Gasteiger partial charge in [0.1, 0.15) is 22.4 Å². The maximum Gasteiger partial charge on any atom is 0.437 e. The smallest absolute Gasteiger partial charge is 0.437 e. The van der Waals surface area contributed by atoms with Crippen LogP contribution in [0.4, 0.5) is 30.7 Å². The van der Waals surface area contributed by atoms with E-state index in [0.717, 1.165) is 5.57 Å². The van der Waals surface area contributed by atoms with Crippen molar-refractivity contribution in [2.45, 2.75) is 131 Å². The molecule has 0 unspecified atom stereocenters. The van der Waals surface area contributed by atoms with Gasteiger partial charge in [-0.2, -0.15) is 0 Å². The summed E-state index contributed by atoms with van der Waals surface area (Å²) in [4.78, 5) is 94.3. The van der Waals surface area contributed by atoms with E-state index in [-0.39, 0.29) is 55.1 Å². The van der Waals surface area contributed by atoms with E-state index in [1.165, 1.54) is 12.4 Å². The molecule has 0 saturated heterocycles. The Labute approximate surface area is 374 Å². The summed E-state index contributed by atoms with van der Waals surface area (Å²) in [5.74, 6) is -0.877. The van der Waals surface area contributed by atoms with Crippen LogP contribution < -0.4 is 26.6 Å². The highest BCUT2D eigenvalue weighted by atomic mass is 16.6. The first-order valence-electron chi connectivity index (χ1n) is 20.5. The fraction of sp³-hybridized carbons (Fsp3) is 0.500. The fourth-order valence-corrected chi connectivity index (χ4v) is 5.18. The van der Waals surface area contributed by atoms with Gasteiger partial charge in [0.05, 0.1) is 24.6 Å². The van der Waals surface area contributed by atoms with E-state index < -0.39 is 52.7 Å². The molecular weight excluding hydrogens is 829 g/mol. The molecule has 0 aliphatic carbocycles. The van der Waals surface area contributed by atoms with E-state index in [1.54, 1.807) is 112 Å². The summed E-state index contributed by atoms with van der Waals surface area (Å²) in [5, 5.41) is 12.8. The quantitative estimate of drug-likeness (QED) is 0.0724. The number of benzene rings is 1. The molecule has 2 heterocycles. The number of rotatable bonds is 9. The molecule has 2 aromatic rings. The topological polar surface area (TPSA) is 253 Å². The van der Waals surface area contributed by atoms with Crippen LogP contribution >= 0.6 is 0 Å².